The van der Waals surface area contributed by atoms with Gasteiger partial charge >= 0.3 is 6.09 Å². The molecule has 2 amide bonds. The molecule has 0 saturated carbocycles. The Morgan fingerprint density at radius 2 is 1.79 bits per heavy atom. The summed E-state index contributed by atoms with van der Waals surface area (Å²) < 4.78 is 33.5. The predicted molar refractivity (Wildman–Crippen MR) is 146 cm³/mol. The Morgan fingerprint density at radius 1 is 1.08 bits per heavy atom. The van der Waals surface area contributed by atoms with Crippen LogP contribution in [0.25, 0.3) is 0 Å². The maximum absolute atomic E-state index is 14.1. The van der Waals surface area contributed by atoms with Gasteiger partial charge in [0, 0.05) is 50.1 Å². The number of benzene rings is 3. The lowest BCUT2D eigenvalue weighted by Gasteiger charge is -2.44. The third-order valence-corrected chi connectivity index (χ3v) is 7.89. The summed E-state index contributed by atoms with van der Waals surface area (Å²) in [6, 6.07) is 17.8. The Bertz CT molecular complexity index is 1360. The fourth-order valence-corrected chi connectivity index (χ4v) is 5.79. The van der Waals surface area contributed by atoms with E-state index in [1.165, 1.54) is 24.3 Å². The number of rotatable bonds is 7. The smallest absolute Gasteiger partial charge is 0.412 e. The van der Waals surface area contributed by atoms with E-state index in [-0.39, 0.29) is 17.5 Å². The summed E-state index contributed by atoms with van der Waals surface area (Å²) in [5, 5.41) is 3.27. The highest BCUT2D eigenvalue weighted by Crippen LogP contribution is 2.44. The highest BCUT2D eigenvalue weighted by atomic mass is 35.5. The Labute approximate surface area is 231 Å². The average Bonchev–Trinajstić information content (AvgIpc) is 2.91. The van der Waals surface area contributed by atoms with Gasteiger partial charge in [-0.15, -0.1) is 0 Å². The largest absolute Gasteiger partial charge is 0.438 e. The molecular weight excluding hydrogens is 524 g/mol. The Balaban J connectivity index is 1.27. The molecule has 1 atom stereocenters. The number of carbonyl (C=O) groups is 2. The normalized spacial score (nSPS) is 17.2. The van der Waals surface area contributed by atoms with E-state index >= 15 is 0 Å². The van der Waals surface area contributed by atoms with Gasteiger partial charge in [-0.25, -0.2) is 13.6 Å². The van der Waals surface area contributed by atoms with E-state index in [2.05, 4.69) is 10.2 Å². The molecule has 0 bridgehead atoms. The summed E-state index contributed by atoms with van der Waals surface area (Å²) in [6.45, 7) is 2.26. The van der Waals surface area contributed by atoms with Crippen LogP contribution in [0.4, 0.5) is 19.3 Å². The summed E-state index contributed by atoms with van der Waals surface area (Å²) in [5.41, 5.74) is 2.03. The summed E-state index contributed by atoms with van der Waals surface area (Å²) in [6.07, 6.45) is 1.03. The second-order valence-electron chi connectivity index (χ2n) is 10.3. The summed E-state index contributed by atoms with van der Waals surface area (Å²) in [7, 11) is 1.76. The molecule has 3 aromatic rings. The highest BCUT2D eigenvalue weighted by molar-refractivity contribution is 6.30. The van der Waals surface area contributed by atoms with Crippen molar-refractivity contribution >= 4 is 29.3 Å². The predicted octanol–water partition coefficient (Wildman–Crippen LogP) is 6.30. The molecular formula is C30H30ClF2N3O3. The topological polar surface area (TPSA) is 61.9 Å². The molecule has 2 aliphatic heterocycles. The van der Waals surface area contributed by atoms with Gasteiger partial charge in [0.25, 0.3) is 0 Å². The standard InChI is InChI=1S/C30H30ClF2N3O3/c1-35(19-20-3-2-4-22(31)17-20)28(37)25(21-5-7-23(32)8-6-21)11-14-36-15-12-30(13-16-36)26-18-24(33)9-10-27(26)34-29(38)39-30/h2-10,17-18,25H,11-16,19H2,1H3,(H,34,38). The molecule has 0 radical (unpaired) electrons. The number of likely N-dealkylation sites (N-methyl/N-ethyl adjacent to an activating group) is 1. The number of hydrogen-bond donors (Lipinski definition) is 1. The van der Waals surface area contributed by atoms with Gasteiger partial charge in [0.2, 0.25) is 5.91 Å². The first-order valence-corrected chi connectivity index (χ1v) is 13.4. The molecule has 0 aliphatic carbocycles. The zero-order valence-electron chi connectivity index (χ0n) is 21.6. The van der Waals surface area contributed by atoms with Gasteiger partial charge < -0.3 is 14.5 Å². The van der Waals surface area contributed by atoms with Gasteiger partial charge in [-0.2, -0.15) is 0 Å². The van der Waals surface area contributed by atoms with Crippen molar-refractivity contribution in [3.63, 3.8) is 0 Å². The lowest BCUT2D eigenvalue weighted by atomic mass is 9.82. The van der Waals surface area contributed by atoms with Crippen LogP contribution in [-0.4, -0.2) is 48.5 Å². The number of ether oxygens (including phenoxy) is 1. The average molecular weight is 554 g/mol. The van der Waals surface area contributed by atoms with Crippen LogP contribution in [0.15, 0.2) is 66.7 Å². The fraction of sp³-hybridized carbons (Fsp3) is 0.333. The zero-order valence-corrected chi connectivity index (χ0v) is 22.4. The summed E-state index contributed by atoms with van der Waals surface area (Å²) in [4.78, 5) is 29.7. The summed E-state index contributed by atoms with van der Waals surface area (Å²) in [5.74, 6) is -1.26. The van der Waals surface area contributed by atoms with E-state index < -0.39 is 17.6 Å². The fourth-order valence-electron chi connectivity index (χ4n) is 5.57. The van der Waals surface area contributed by atoms with Gasteiger partial charge in [0.15, 0.2) is 0 Å². The van der Waals surface area contributed by atoms with Gasteiger partial charge in [-0.05, 0) is 66.6 Å². The SMILES string of the molecule is CN(Cc1cccc(Cl)c1)C(=O)C(CCN1CCC2(CC1)OC(=O)Nc1ccc(F)cc12)c1ccc(F)cc1. The third-order valence-electron chi connectivity index (χ3n) is 7.65. The number of piperidine rings is 1. The zero-order chi connectivity index (χ0) is 27.6. The molecule has 2 heterocycles. The van der Waals surface area contributed by atoms with Crippen LogP contribution < -0.4 is 5.32 Å². The van der Waals surface area contributed by atoms with Crippen LogP contribution in [0.2, 0.25) is 5.02 Å². The van der Waals surface area contributed by atoms with Crippen molar-refractivity contribution in [3.8, 4) is 0 Å². The minimum atomic E-state index is -0.875. The Hall–Kier alpha value is -3.49. The van der Waals surface area contributed by atoms with Gasteiger partial charge in [-0.1, -0.05) is 35.9 Å². The molecule has 1 saturated heterocycles. The maximum Gasteiger partial charge on any atom is 0.412 e. The van der Waals surface area contributed by atoms with Crippen molar-refractivity contribution in [2.45, 2.75) is 37.3 Å². The van der Waals surface area contributed by atoms with Crippen molar-refractivity contribution in [2.24, 2.45) is 0 Å². The van der Waals surface area contributed by atoms with Crippen molar-refractivity contribution in [1.82, 2.24) is 9.80 Å². The van der Waals surface area contributed by atoms with Crippen LogP contribution in [-0.2, 0) is 21.7 Å². The first kappa shape index (κ1) is 27.1. The molecule has 204 valence electrons. The molecule has 1 spiro atoms. The van der Waals surface area contributed by atoms with Crippen molar-refractivity contribution in [2.75, 3.05) is 32.0 Å². The number of amides is 2. The minimum absolute atomic E-state index is 0.0632. The molecule has 39 heavy (non-hydrogen) atoms. The molecule has 3 aromatic carbocycles. The van der Waals surface area contributed by atoms with E-state index in [9.17, 15) is 18.4 Å². The molecule has 6 nitrogen and oxygen atoms in total. The molecule has 2 aliphatic rings. The number of hydrogen-bond acceptors (Lipinski definition) is 4. The van der Waals surface area contributed by atoms with Gasteiger partial charge in [-0.3, -0.25) is 10.1 Å². The molecule has 1 N–H and O–H groups in total. The second-order valence-corrected chi connectivity index (χ2v) is 10.7. The van der Waals surface area contributed by atoms with Gasteiger partial charge in [0.05, 0.1) is 11.6 Å². The van der Waals surface area contributed by atoms with E-state index in [4.69, 9.17) is 16.3 Å². The van der Waals surface area contributed by atoms with Gasteiger partial charge in [0.1, 0.15) is 17.2 Å². The third kappa shape index (κ3) is 6.07. The van der Waals surface area contributed by atoms with E-state index in [1.54, 1.807) is 36.2 Å². The number of carbonyl (C=O) groups excluding carboxylic acids is 2. The highest BCUT2D eigenvalue weighted by Gasteiger charge is 2.44. The maximum atomic E-state index is 14.1. The molecule has 1 unspecified atom stereocenters. The first-order valence-electron chi connectivity index (χ1n) is 13.0. The number of halogens is 3. The molecule has 1 fully saturated rings. The van der Waals surface area contributed by atoms with Crippen LogP contribution >= 0.6 is 11.6 Å². The van der Waals surface area contributed by atoms with Crippen LogP contribution in [0.3, 0.4) is 0 Å². The Morgan fingerprint density at radius 3 is 2.51 bits per heavy atom. The molecule has 5 rings (SSSR count). The number of likely N-dealkylation sites (tertiary alicyclic amines) is 1. The number of nitrogens with one attached hydrogen (secondary N) is 1. The number of anilines is 1. The minimum Gasteiger partial charge on any atom is -0.438 e. The van der Waals surface area contributed by atoms with Crippen LogP contribution in [0.1, 0.15) is 41.9 Å². The monoisotopic (exact) mass is 553 g/mol. The van der Waals surface area contributed by atoms with Crippen LogP contribution in [0, 0.1) is 11.6 Å². The van der Waals surface area contributed by atoms with Crippen molar-refractivity contribution in [3.05, 3.63) is 100 Å². The number of fused-ring (bicyclic) bond motifs is 2. The molecule has 9 heteroatoms. The van der Waals surface area contributed by atoms with E-state index in [0.29, 0.717) is 61.7 Å². The lowest BCUT2D eigenvalue weighted by Crippen LogP contribution is -2.48. The summed E-state index contributed by atoms with van der Waals surface area (Å²) >= 11 is 6.12. The molecule has 0 aromatic heterocycles. The van der Waals surface area contributed by atoms with Crippen LogP contribution in [0.5, 0.6) is 0 Å². The first-order chi connectivity index (χ1) is 18.7. The Kier molecular flexibility index (Phi) is 7.86. The van der Waals surface area contributed by atoms with E-state index in [0.717, 1.165) is 11.1 Å². The van der Waals surface area contributed by atoms with Crippen molar-refractivity contribution < 1.29 is 23.1 Å². The quantitative estimate of drug-likeness (QED) is 0.373. The van der Waals surface area contributed by atoms with E-state index in [1.807, 2.05) is 18.2 Å². The second kappa shape index (κ2) is 11.3. The van der Waals surface area contributed by atoms with Crippen molar-refractivity contribution in [1.29, 1.82) is 0 Å². The number of nitrogens with zero attached hydrogens (tertiary/aromatic N) is 2. The lowest BCUT2D eigenvalue weighted by molar-refractivity contribution is -0.132.